The fraction of sp³-hybridized carbons (Fsp3) is 0.143. The molecule has 0 unspecified atom stereocenters. The molecule has 3 rings (SSSR count). The fourth-order valence-corrected chi connectivity index (χ4v) is 2.93. The summed E-state index contributed by atoms with van der Waals surface area (Å²) >= 11 is 7.69. The second-order valence-corrected chi connectivity index (χ2v) is 6.24. The highest BCUT2D eigenvalue weighted by Crippen LogP contribution is 2.33. The van der Waals surface area contributed by atoms with Crippen molar-refractivity contribution in [1.82, 2.24) is 24.5 Å². The fourth-order valence-electron chi connectivity index (χ4n) is 1.87. The van der Waals surface area contributed by atoms with Crippen molar-refractivity contribution in [3.8, 4) is 0 Å². The van der Waals surface area contributed by atoms with Crippen molar-refractivity contribution in [3.05, 3.63) is 47.5 Å². The number of carbonyl (C=O) groups excluding carboxylic acids is 1. The summed E-state index contributed by atoms with van der Waals surface area (Å²) in [4.78, 5) is 12.9. The van der Waals surface area contributed by atoms with Gasteiger partial charge in [-0.25, -0.2) is 0 Å². The number of carbonyl (C=O) groups is 1. The van der Waals surface area contributed by atoms with E-state index in [0.717, 1.165) is 10.1 Å². The number of amides is 1. The number of halogens is 1. The molecule has 0 spiro atoms. The molecule has 1 aromatic carbocycles. The first kappa shape index (κ1) is 15.6. The molecular weight excluding hydrogens is 336 g/mol. The van der Waals surface area contributed by atoms with E-state index in [1.807, 2.05) is 13.1 Å². The molecule has 118 valence electrons. The molecule has 0 saturated heterocycles. The third-order valence-electron chi connectivity index (χ3n) is 3.03. The van der Waals surface area contributed by atoms with Crippen LogP contribution in [0.15, 0.2) is 47.0 Å². The topological polar surface area (TPSA) is 77.6 Å². The molecule has 2 heterocycles. The van der Waals surface area contributed by atoms with Gasteiger partial charge in [-0.1, -0.05) is 11.6 Å². The summed E-state index contributed by atoms with van der Waals surface area (Å²) in [5, 5.41) is 15.9. The summed E-state index contributed by atoms with van der Waals surface area (Å²) in [7, 11) is 3.62. The molecule has 0 bridgehead atoms. The minimum Gasteiger partial charge on any atom is -0.322 e. The zero-order valence-corrected chi connectivity index (χ0v) is 14.0. The molecule has 0 aliphatic heterocycles. The van der Waals surface area contributed by atoms with Crippen LogP contribution in [-0.4, -0.2) is 30.5 Å². The molecule has 1 amide bonds. The van der Waals surface area contributed by atoms with Crippen LogP contribution in [-0.2, 0) is 14.1 Å². The van der Waals surface area contributed by atoms with Gasteiger partial charge in [-0.3, -0.25) is 9.48 Å². The Morgan fingerprint density at radius 3 is 2.78 bits per heavy atom. The Morgan fingerprint density at radius 2 is 2.17 bits per heavy atom. The maximum absolute atomic E-state index is 12.1. The number of aryl methyl sites for hydroxylation is 2. The Labute approximate surface area is 141 Å². The Kier molecular flexibility index (Phi) is 4.35. The van der Waals surface area contributed by atoms with Gasteiger partial charge in [-0.05, 0) is 30.0 Å². The SMILES string of the molecule is Cn1cc(C(=O)Nc2ccc(Sc3nncn3C)c(Cl)c2)cn1. The highest BCUT2D eigenvalue weighted by molar-refractivity contribution is 7.99. The normalized spacial score (nSPS) is 10.7. The summed E-state index contributed by atoms with van der Waals surface area (Å²) in [6, 6.07) is 5.33. The quantitative estimate of drug-likeness (QED) is 0.784. The highest BCUT2D eigenvalue weighted by atomic mass is 35.5. The van der Waals surface area contributed by atoms with Crippen molar-refractivity contribution in [2.24, 2.45) is 14.1 Å². The van der Waals surface area contributed by atoms with E-state index in [9.17, 15) is 4.79 Å². The summed E-state index contributed by atoms with van der Waals surface area (Å²) in [5.74, 6) is -0.233. The first-order chi connectivity index (χ1) is 11.0. The zero-order valence-electron chi connectivity index (χ0n) is 12.4. The maximum atomic E-state index is 12.1. The number of hydrogen-bond acceptors (Lipinski definition) is 5. The minimum absolute atomic E-state index is 0.233. The van der Waals surface area contributed by atoms with Crippen molar-refractivity contribution >= 4 is 35.0 Å². The van der Waals surface area contributed by atoms with Gasteiger partial charge < -0.3 is 9.88 Å². The predicted molar refractivity (Wildman–Crippen MR) is 87.7 cm³/mol. The second kappa shape index (κ2) is 6.43. The summed E-state index contributed by atoms with van der Waals surface area (Å²) in [6.07, 6.45) is 4.78. The molecule has 0 radical (unpaired) electrons. The molecular formula is C14H13ClN6OS. The lowest BCUT2D eigenvalue weighted by atomic mass is 10.3. The van der Waals surface area contributed by atoms with Gasteiger partial charge in [0.15, 0.2) is 5.16 Å². The molecule has 3 aromatic rings. The molecule has 2 aromatic heterocycles. The third-order valence-corrected chi connectivity index (χ3v) is 4.58. The van der Waals surface area contributed by atoms with E-state index in [1.165, 1.54) is 18.0 Å². The molecule has 0 fully saturated rings. The van der Waals surface area contributed by atoms with Crippen molar-refractivity contribution < 1.29 is 4.79 Å². The van der Waals surface area contributed by atoms with E-state index in [4.69, 9.17) is 11.6 Å². The van der Waals surface area contributed by atoms with Crippen LogP contribution in [0, 0.1) is 0 Å². The molecule has 1 N–H and O–H groups in total. The molecule has 0 saturated carbocycles. The van der Waals surface area contributed by atoms with Crippen LogP contribution in [0.2, 0.25) is 5.02 Å². The number of hydrogen-bond donors (Lipinski definition) is 1. The lowest BCUT2D eigenvalue weighted by Gasteiger charge is -2.07. The molecule has 0 aliphatic carbocycles. The van der Waals surface area contributed by atoms with E-state index < -0.39 is 0 Å². The lowest BCUT2D eigenvalue weighted by molar-refractivity contribution is 0.102. The van der Waals surface area contributed by atoms with E-state index in [-0.39, 0.29) is 5.91 Å². The van der Waals surface area contributed by atoms with Gasteiger partial charge in [0, 0.05) is 30.9 Å². The number of benzene rings is 1. The lowest BCUT2D eigenvalue weighted by Crippen LogP contribution is -2.11. The minimum atomic E-state index is -0.233. The van der Waals surface area contributed by atoms with Crippen LogP contribution >= 0.6 is 23.4 Å². The largest absolute Gasteiger partial charge is 0.322 e. The van der Waals surface area contributed by atoms with Crippen molar-refractivity contribution in [1.29, 1.82) is 0 Å². The van der Waals surface area contributed by atoms with Crippen LogP contribution in [0.5, 0.6) is 0 Å². The van der Waals surface area contributed by atoms with Gasteiger partial charge in [0.2, 0.25) is 0 Å². The smallest absolute Gasteiger partial charge is 0.258 e. The second-order valence-electron chi connectivity index (χ2n) is 4.83. The van der Waals surface area contributed by atoms with Gasteiger partial charge in [-0.2, -0.15) is 5.10 Å². The van der Waals surface area contributed by atoms with E-state index in [0.29, 0.717) is 16.3 Å². The molecule has 9 heteroatoms. The number of nitrogens with zero attached hydrogens (tertiary/aromatic N) is 5. The van der Waals surface area contributed by atoms with Crippen LogP contribution in [0.4, 0.5) is 5.69 Å². The van der Waals surface area contributed by atoms with E-state index >= 15 is 0 Å². The average molecular weight is 349 g/mol. The molecule has 0 atom stereocenters. The molecule has 7 nitrogen and oxygen atoms in total. The van der Waals surface area contributed by atoms with Crippen molar-refractivity contribution in [2.75, 3.05) is 5.32 Å². The number of rotatable bonds is 4. The zero-order chi connectivity index (χ0) is 16.4. The van der Waals surface area contributed by atoms with Crippen molar-refractivity contribution in [3.63, 3.8) is 0 Å². The summed E-state index contributed by atoms with van der Waals surface area (Å²) in [5.41, 5.74) is 1.10. The Hall–Kier alpha value is -2.32. The summed E-state index contributed by atoms with van der Waals surface area (Å²) in [6.45, 7) is 0. The van der Waals surface area contributed by atoms with Gasteiger partial charge in [0.05, 0.1) is 16.8 Å². The predicted octanol–water partition coefficient (Wildman–Crippen LogP) is 2.61. The average Bonchev–Trinajstić information content (AvgIpc) is 3.11. The Morgan fingerprint density at radius 1 is 1.35 bits per heavy atom. The van der Waals surface area contributed by atoms with Gasteiger partial charge in [0.1, 0.15) is 6.33 Å². The van der Waals surface area contributed by atoms with Gasteiger partial charge in [0.25, 0.3) is 5.91 Å². The highest BCUT2D eigenvalue weighted by Gasteiger charge is 2.11. The Bertz CT molecular complexity index is 859. The first-order valence-corrected chi connectivity index (χ1v) is 7.84. The van der Waals surface area contributed by atoms with Crippen LogP contribution in [0.3, 0.4) is 0 Å². The monoisotopic (exact) mass is 348 g/mol. The van der Waals surface area contributed by atoms with Crippen LogP contribution in [0.1, 0.15) is 10.4 Å². The number of nitrogens with one attached hydrogen (secondary N) is 1. The van der Waals surface area contributed by atoms with Crippen LogP contribution < -0.4 is 5.32 Å². The van der Waals surface area contributed by atoms with Gasteiger partial charge >= 0.3 is 0 Å². The van der Waals surface area contributed by atoms with E-state index in [1.54, 1.807) is 41.0 Å². The Balaban J connectivity index is 1.74. The van der Waals surface area contributed by atoms with E-state index in [2.05, 4.69) is 20.6 Å². The maximum Gasteiger partial charge on any atom is 0.258 e. The standard InChI is InChI=1S/C14H13ClN6OS/c1-20-8-16-19-14(20)23-12-4-3-10(5-11(12)15)18-13(22)9-6-17-21(2)7-9/h3-8H,1-2H3,(H,18,22). The van der Waals surface area contributed by atoms with Crippen molar-refractivity contribution in [2.45, 2.75) is 10.1 Å². The number of aromatic nitrogens is 5. The van der Waals surface area contributed by atoms with Crippen LogP contribution in [0.25, 0.3) is 0 Å². The van der Waals surface area contributed by atoms with Gasteiger partial charge in [-0.15, -0.1) is 10.2 Å². The molecule has 0 aliphatic rings. The molecule has 23 heavy (non-hydrogen) atoms. The summed E-state index contributed by atoms with van der Waals surface area (Å²) < 4.78 is 3.38. The number of anilines is 1. The third kappa shape index (κ3) is 3.54. The first-order valence-electron chi connectivity index (χ1n) is 6.64.